The number of benzene rings is 1. The van der Waals surface area contributed by atoms with Gasteiger partial charge in [-0.2, -0.15) is 5.26 Å². The molecule has 142 valence electrons. The first-order valence-corrected chi connectivity index (χ1v) is 8.56. The van der Waals surface area contributed by atoms with E-state index in [0.717, 1.165) is 5.69 Å². The van der Waals surface area contributed by atoms with Gasteiger partial charge in [-0.05, 0) is 31.2 Å². The van der Waals surface area contributed by atoms with Crippen LogP contribution in [0.2, 0.25) is 0 Å². The average molecular weight is 369 g/mol. The number of aryl methyl sites for hydroxylation is 1. The van der Waals surface area contributed by atoms with Crippen LogP contribution in [0, 0.1) is 18.3 Å². The van der Waals surface area contributed by atoms with Gasteiger partial charge in [0.2, 0.25) is 0 Å². The molecule has 0 aliphatic rings. The summed E-state index contributed by atoms with van der Waals surface area (Å²) in [6.45, 7) is 3.14. The predicted molar refractivity (Wildman–Crippen MR) is 102 cm³/mol. The van der Waals surface area contributed by atoms with E-state index in [4.69, 9.17) is 10.00 Å². The van der Waals surface area contributed by atoms with Crippen LogP contribution in [-0.2, 0) is 0 Å². The molecule has 1 aromatic heterocycles. The SMILES string of the molecule is Cc1ccc(NC(=O)NCCNCC(O)COc2ccccc2C#N)cn1. The van der Waals surface area contributed by atoms with E-state index in [0.29, 0.717) is 36.6 Å². The van der Waals surface area contributed by atoms with Crippen LogP contribution >= 0.6 is 0 Å². The summed E-state index contributed by atoms with van der Waals surface area (Å²) in [6, 6.07) is 12.2. The number of pyridine rings is 1. The van der Waals surface area contributed by atoms with Gasteiger partial charge in [0, 0.05) is 25.3 Å². The number of rotatable bonds is 9. The molecule has 2 rings (SSSR count). The Morgan fingerprint density at radius 3 is 2.85 bits per heavy atom. The second kappa shape index (κ2) is 10.8. The van der Waals surface area contributed by atoms with Gasteiger partial charge in [0.15, 0.2) is 0 Å². The highest BCUT2D eigenvalue weighted by atomic mass is 16.5. The monoisotopic (exact) mass is 369 g/mol. The number of aliphatic hydroxyl groups excluding tert-OH is 1. The van der Waals surface area contributed by atoms with Gasteiger partial charge >= 0.3 is 6.03 Å². The number of urea groups is 1. The number of hydrogen-bond acceptors (Lipinski definition) is 6. The minimum Gasteiger partial charge on any atom is -0.489 e. The van der Waals surface area contributed by atoms with Gasteiger partial charge in [0.05, 0.1) is 17.4 Å². The van der Waals surface area contributed by atoms with Crippen LogP contribution in [-0.4, -0.2) is 48.5 Å². The molecule has 0 spiro atoms. The van der Waals surface area contributed by atoms with Gasteiger partial charge in [0.25, 0.3) is 0 Å². The van der Waals surface area contributed by atoms with Gasteiger partial charge in [-0.25, -0.2) is 4.79 Å². The summed E-state index contributed by atoms with van der Waals surface area (Å²) in [7, 11) is 0. The number of para-hydroxylation sites is 1. The third-order valence-electron chi connectivity index (χ3n) is 3.58. The Balaban J connectivity index is 1.57. The lowest BCUT2D eigenvalue weighted by Crippen LogP contribution is -2.38. The lowest BCUT2D eigenvalue weighted by molar-refractivity contribution is 0.106. The number of nitrogens with one attached hydrogen (secondary N) is 3. The van der Waals surface area contributed by atoms with Crippen LogP contribution in [0.15, 0.2) is 42.6 Å². The van der Waals surface area contributed by atoms with Crippen LogP contribution < -0.4 is 20.7 Å². The molecule has 8 heteroatoms. The van der Waals surface area contributed by atoms with E-state index in [-0.39, 0.29) is 12.6 Å². The minimum absolute atomic E-state index is 0.0695. The normalized spacial score (nSPS) is 11.3. The van der Waals surface area contributed by atoms with Crippen LogP contribution in [0.3, 0.4) is 0 Å². The molecule has 0 fully saturated rings. The van der Waals surface area contributed by atoms with Gasteiger partial charge < -0.3 is 25.8 Å². The number of carbonyl (C=O) groups is 1. The Hall–Kier alpha value is -3.15. The van der Waals surface area contributed by atoms with E-state index in [1.807, 2.05) is 19.1 Å². The third-order valence-corrected chi connectivity index (χ3v) is 3.58. The molecule has 0 aliphatic heterocycles. The second-order valence-electron chi connectivity index (χ2n) is 5.85. The number of nitriles is 1. The maximum absolute atomic E-state index is 11.7. The molecule has 1 atom stereocenters. The van der Waals surface area contributed by atoms with Crippen molar-refractivity contribution in [2.24, 2.45) is 0 Å². The van der Waals surface area contributed by atoms with Crippen molar-refractivity contribution >= 4 is 11.7 Å². The third kappa shape index (κ3) is 7.32. The molecule has 8 nitrogen and oxygen atoms in total. The fourth-order valence-corrected chi connectivity index (χ4v) is 2.18. The molecule has 0 radical (unpaired) electrons. The number of ether oxygens (including phenoxy) is 1. The molecular weight excluding hydrogens is 346 g/mol. The number of amides is 2. The molecule has 27 heavy (non-hydrogen) atoms. The van der Waals surface area contributed by atoms with Gasteiger partial charge in [-0.3, -0.25) is 4.98 Å². The van der Waals surface area contributed by atoms with Crippen molar-refractivity contribution in [1.29, 1.82) is 5.26 Å². The largest absolute Gasteiger partial charge is 0.489 e. The van der Waals surface area contributed by atoms with Crippen LogP contribution in [0.25, 0.3) is 0 Å². The zero-order chi connectivity index (χ0) is 19.5. The molecule has 2 amide bonds. The number of nitrogens with zero attached hydrogens (tertiary/aromatic N) is 2. The zero-order valence-corrected chi connectivity index (χ0v) is 15.1. The van der Waals surface area contributed by atoms with Crippen LogP contribution in [0.4, 0.5) is 10.5 Å². The van der Waals surface area contributed by atoms with E-state index >= 15 is 0 Å². The molecule has 1 heterocycles. The van der Waals surface area contributed by atoms with E-state index in [2.05, 4.69) is 20.9 Å². The summed E-state index contributed by atoms with van der Waals surface area (Å²) in [6.07, 6.45) is 0.859. The molecule has 0 bridgehead atoms. The smallest absolute Gasteiger partial charge is 0.319 e. The van der Waals surface area contributed by atoms with Gasteiger partial charge in [0.1, 0.15) is 24.5 Å². The summed E-state index contributed by atoms with van der Waals surface area (Å²) in [5, 5.41) is 27.3. The average Bonchev–Trinajstić information content (AvgIpc) is 2.68. The second-order valence-corrected chi connectivity index (χ2v) is 5.85. The first kappa shape index (κ1) is 20.2. The molecular formula is C19H23N5O3. The fraction of sp³-hybridized carbons (Fsp3) is 0.316. The summed E-state index contributed by atoms with van der Waals surface area (Å²) >= 11 is 0. The molecule has 2 aromatic rings. The minimum atomic E-state index is -0.732. The maximum atomic E-state index is 11.7. The fourth-order valence-electron chi connectivity index (χ4n) is 2.18. The summed E-state index contributed by atoms with van der Waals surface area (Å²) < 4.78 is 5.46. The van der Waals surface area contributed by atoms with E-state index in [1.165, 1.54) is 0 Å². The Bertz CT molecular complexity index is 774. The number of aromatic nitrogens is 1. The van der Waals surface area contributed by atoms with Crippen molar-refractivity contribution in [3.8, 4) is 11.8 Å². The number of carbonyl (C=O) groups excluding carboxylic acids is 1. The standard InChI is InChI=1S/C19H23N5O3/c1-14-6-7-16(11-23-14)24-19(26)22-9-8-21-12-17(25)13-27-18-5-3-2-4-15(18)10-20/h2-7,11,17,21,25H,8-9,12-13H2,1H3,(H2,22,24,26). The zero-order valence-electron chi connectivity index (χ0n) is 15.1. The highest BCUT2D eigenvalue weighted by Gasteiger charge is 2.07. The van der Waals surface area contributed by atoms with Crippen molar-refractivity contribution in [2.75, 3.05) is 31.6 Å². The lowest BCUT2D eigenvalue weighted by Gasteiger charge is -2.14. The summed E-state index contributed by atoms with van der Waals surface area (Å²) in [5.41, 5.74) is 1.93. The Labute approximate surface area is 158 Å². The van der Waals surface area contributed by atoms with Crippen LogP contribution in [0.1, 0.15) is 11.3 Å². The van der Waals surface area contributed by atoms with Crippen LogP contribution in [0.5, 0.6) is 5.75 Å². The topological polar surface area (TPSA) is 119 Å². The maximum Gasteiger partial charge on any atom is 0.319 e. The molecule has 1 unspecified atom stereocenters. The van der Waals surface area contributed by atoms with Crippen molar-refractivity contribution in [2.45, 2.75) is 13.0 Å². The number of hydrogen-bond donors (Lipinski definition) is 4. The van der Waals surface area contributed by atoms with Crippen molar-refractivity contribution in [3.63, 3.8) is 0 Å². The highest BCUT2D eigenvalue weighted by Crippen LogP contribution is 2.16. The summed E-state index contributed by atoms with van der Waals surface area (Å²) in [5.74, 6) is 0.447. The van der Waals surface area contributed by atoms with Gasteiger partial charge in [-0.1, -0.05) is 12.1 Å². The first-order valence-electron chi connectivity index (χ1n) is 8.56. The molecule has 0 saturated heterocycles. The number of anilines is 1. The lowest BCUT2D eigenvalue weighted by atomic mass is 10.2. The van der Waals surface area contributed by atoms with E-state index in [1.54, 1.807) is 36.5 Å². The molecule has 0 aliphatic carbocycles. The van der Waals surface area contributed by atoms with Gasteiger partial charge in [-0.15, -0.1) is 0 Å². The van der Waals surface area contributed by atoms with Crippen molar-refractivity contribution in [1.82, 2.24) is 15.6 Å². The molecule has 4 N–H and O–H groups in total. The van der Waals surface area contributed by atoms with E-state index in [9.17, 15) is 9.90 Å². The van der Waals surface area contributed by atoms with E-state index < -0.39 is 6.10 Å². The quantitative estimate of drug-likeness (QED) is 0.496. The first-order chi connectivity index (χ1) is 13.1. The number of aliphatic hydroxyl groups is 1. The highest BCUT2D eigenvalue weighted by molar-refractivity contribution is 5.88. The molecule has 0 saturated carbocycles. The predicted octanol–water partition coefficient (Wildman–Crippen LogP) is 1.41. The van der Waals surface area contributed by atoms with Crippen molar-refractivity contribution in [3.05, 3.63) is 53.9 Å². The Morgan fingerprint density at radius 1 is 1.30 bits per heavy atom. The molecule has 1 aromatic carbocycles. The Morgan fingerprint density at radius 2 is 2.11 bits per heavy atom. The summed E-state index contributed by atoms with van der Waals surface area (Å²) in [4.78, 5) is 15.8. The van der Waals surface area contributed by atoms with Crippen molar-refractivity contribution < 1.29 is 14.6 Å². The Kier molecular flexibility index (Phi) is 8.03.